The number of sulfonamides is 1. The van der Waals surface area contributed by atoms with Gasteiger partial charge in [0.25, 0.3) is 5.91 Å². The third-order valence-corrected chi connectivity index (χ3v) is 7.47. The van der Waals surface area contributed by atoms with E-state index in [1.165, 1.54) is 16.4 Å². The Morgan fingerprint density at radius 1 is 1.23 bits per heavy atom. The fraction of sp³-hybridized carbons (Fsp3) is 0.364. The van der Waals surface area contributed by atoms with Crippen LogP contribution >= 0.6 is 0 Å². The number of carbonyl (C=O) groups is 2. The van der Waals surface area contributed by atoms with Crippen molar-refractivity contribution in [2.45, 2.75) is 24.7 Å². The number of hydrogen-bond acceptors (Lipinski definition) is 5. The molecule has 0 spiro atoms. The number of piperidine rings is 1. The number of anilines is 2. The molecule has 0 bridgehead atoms. The monoisotopic (exact) mass is 443 g/mol. The molecule has 1 fully saturated rings. The van der Waals surface area contributed by atoms with Gasteiger partial charge in [-0.25, -0.2) is 8.42 Å². The van der Waals surface area contributed by atoms with Crippen LogP contribution < -0.4 is 15.0 Å². The highest BCUT2D eigenvalue weighted by Crippen LogP contribution is 2.33. The molecule has 8 nitrogen and oxygen atoms in total. The summed E-state index contributed by atoms with van der Waals surface area (Å²) in [5.74, 6) is -0.373. The molecule has 4 rings (SSSR count). The summed E-state index contributed by atoms with van der Waals surface area (Å²) >= 11 is 0. The smallest absolute Gasteiger partial charge is 0.262 e. The van der Waals surface area contributed by atoms with E-state index in [1.54, 1.807) is 11.0 Å². The molecule has 9 heteroatoms. The minimum Gasteiger partial charge on any atom is -0.482 e. The normalized spacial score (nSPS) is 19.1. The van der Waals surface area contributed by atoms with E-state index in [9.17, 15) is 18.0 Å². The Bertz CT molecular complexity index is 1090. The van der Waals surface area contributed by atoms with Gasteiger partial charge in [-0.05, 0) is 50.1 Å². The lowest BCUT2D eigenvalue weighted by Crippen LogP contribution is -2.46. The maximum absolute atomic E-state index is 13.3. The van der Waals surface area contributed by atoms with Gasteiger partial charge in [0.05, 0.1) is 16.5 Å². The van der Waals surface area contributed by atoms with E-state index in [1.807, 2.05) is 37.3 Å². The van der Waals surface area contributed by atoms with Crippen molar-refractivity contribution in [2.75, 3.05) is 36.5 Å². The number of rotatable bonds is 5. The number of benzene rings is 2. The molecule has 31 heavy (non-hydrogen) atoms. The maximum Gasteiger partial charge on any atom is 0.262 e. The Morgan fingerprint density at radius 2 is 2.00 bits per heavy atom. The van der Waals surface area contributed by atoms with E-state index in [4.69, 9.17) is 4.74 Å². The van der Waals surface area contributed by atoms with Crippen LogP contribution in [-0.4, -0.2) is 50.8 Å². The molecule has 2 aromatic rings. The van der Waals surface area contributed by atoms with Gasteiger partial charge in [-0.15, -0.1) is 0 Å². The topological polar surface area (TPSA) is 96.0 Å². The van der Waals surface area contributed by atoms with Gasteiger partial charge in [-0.3, -0.25) is 9.59 Å². The Balaban J connectivity index is 1.54. The Labute approximate surface area is 181 Å². The van der Waals surface area contributed by atoms with Crippen molar-refractivity contribution in [3.8, 4) is 5.75 Å². The summed E-state index contributed by atoms with van der Waals surface area (Å²) in [6.45, 7) is 2.81. The van der Waals surface area contributed by atoms with Crippen LogP contribution in [0, 0.1) is 5.92 Å². The van der Waals surface area contributed by atoms with Crippen molar-refractivity contribution in [1.29, 1.82) is 0 Å². The molecular weight excluding hydrogens is 418 g/mol. The Morgan fingerprint density at radius 3 is 2.74 bits per heavy atom. The lowest BCUT2D eigenvalue weighted by molar-refractivity contribution is -0.123. The highest BCUT2D eigenvalue weighted by molar-refractivity contribution is 7.89. The average Bonchev–Trinajstić information content (AvgIpc) is 2.79. The van der Waals surface area contributed by atoms with Crippen LogP contribution in [0.25, 0.3) is 0 Å². The van der Waals surface area contributed by atoms with E-state index in [-0.39, 0.29) is 29.9 Å². The first-order chi connectivity index (χ1) is 14.9. The largest absolute Gasteiger partial charge is 0.482 e. The number of carbonyl (C=O) groups excluding carboxylic acids is 2. The number of fused-ring (bicyclic) bond motifs is 1. The van der Waals surface area contributed by atoms with Gasteiger partial charge in [0.15, 0.2) is 6.61 Å². The van der Waals surface area contributed by atoms with Crippen molar-refractivity contribution >= 4 is 33.2 Å². The third kappa shape index (κ3) is 4.28. The lowest BCUT2D eigenvalue weighted by Gasteiger charge is -2.34. The predicted molar refractivity (Wildman–Crippen MR) is 117 cm³/mol. The van der Waals surface area contributed by atoms with E-state index in [2.05, 4.69) is 5.32 Å². The zero-order chi connectivity index (χ0) is 22.0. The second-order valence-electron chi connectivity index (χ2n) is 7.62. The van der Waals surface area contributed by atoms with Crippen LogP contribution in [0.3, 0.4) is 0 Å². The maximum atomic E-state index is 13.3. The summed E-state index contributed by atoms with van der Waals surface area (Å²) < 4.78 is 33.2. The second-order valence-corrected chi connectivity index (χ2v) is 9.55. The molecule has 2 heterocycles. The molecule has 0 unspecified atom stereocenters. The lowest BCUT2D eigenvalue weighted by atomic mass is 9.97. The third-order valence-electron chi connectivity index (χ3n) is 5.61. The fourth-order valence-electron chi connectivity index (χ4n) is 4.03. The van der Waals surface area contributed by atoms with Gasteiger partial charge in [0.1, 0.15) is 5.75 Å². The second kappa shape index (κ2) is 8.68. The number of nitrogens with zero attached hydrogens (tertiary/aromatic N) is 2. The number of hydrogen-bond donors (Lipinski definition) is 1. The predicted octanol–water partition coefficient (Wildman–Crippen LogP) is 2.47. The first kappa shape index (κ1) is 21.3. The van der Waals surface area contributed by atoms with E-state index >= 15 is 0 Å². The van der Waals surface area contributed by atoms with Gasteiger partial charge in [-0.1, -0.05) is 18.2 Å². The van der Waals surface area contributed by atoms with Crippen molar-refractivity contribution in [3.05, 3.63) is 48.5 Å². The van der Waals surface area contributed by atoms with Gasteiger partial charge in [0.2, 0.25) is 15.9 Å². The zero-order valence-electron chi connectivity index (χ0n) is 17.3. The molecule has 0 aliphatic carbocycles. The summed E-state index contributed by atoms with van der Waals surface area (Å²) in [6.07, 6.45) is 1.25. The first-order valence-electron chi connectivity index (χ1n) is 10.3. The number of ether oxygens (including phenoxy) is 1. The zero-order valence-corrected chi connectivity index (χ0v) is 18.1. The molecule has 1 atom stereocenters. The summed E-state index contributed by atoms with van der Waals surface area (Å²) in [4.78, 5) is 26.6. The van der Waals surface area contributed by atoms with E-state index < -0.39 is 15.9 Å². The van der Waals surface area contributed by atoms with Crippen LogP contribution in [0.5, 0.6) is 5.75 Å². The summed E-state index contributed by atoms with van der Waals surface area (Å²) in [7, 11) is -3.82. The number of nitrogens with one attached hydrogen (secondary N) is 1. The molecule has 2 amide bonds. The molecule has 1 saturated heterocycles. The molecule has 164 valence electrons. The molecule has 2 aromatic carbocycles. The standard InChI is InChI=1S/C22H25N3O5S/c1-2-25(17-8-4-3-5-9-17)22(27)16-7-6-12-24(14-16)31(28,29)18-10-11-20-19(13-18)23-21(26)15-30-20/h3-5,8-11,13,16H,2,6-7,12,14-15H2,1H3,(H,23,26)/t16-/m0/s1. The van der Waals surface area contributed by atoms with Crippen molar-refractivity contribution in [1.82, 2.24) is 4.31 Å². The van der Waals surface area contributed by atoms with Crippen LogP contribution in [0.2, 0.25) is 0 Å². The molecule has 0 saturated carbocycles. The van der Waals surface area contributed by atoms with Crippen molar-refractivity contribution in [2.24, 2.45) is 5.92 Å². The molecule has 0 aromatic heterocycles. The van der Waals surface area contributed by atoms with Crippen molar-refractivity contribution < 1.29 is 22.7 Å². The molecule has 2 aliphatic rings. The van der Waals surface area contributed by atoms with Crippen LogP contribution in [-0.2, 0) is 19.6 Å². The van der Waals surface area contributed by atoms with Gasteiger partial charge < -0.3 is 15.0 Å². The molecule has 2 aliphatic heterocycles. The van der Waals surface area contributed by atoms with Gasteiger partial charge in [0, 0.05) is 25.3 Å². The Hall–Kier alpha value is -2.91. The highest BCUT2D eigenvalue weighted by atomic mass is 32.2. The van der Waals surface area contributed by atoms with Crippen LogP contribution in [0.15, 0.2) is 53.4 Å². The van der Waals surface area contributed by atoms with E-state index in [0.29, 0.717) is 37.4 Å². The summed E-state index contributed by atoms with van der Waals surface area (Å²) in [5, 5.41) is 2.64. The fourth-order valence-corrected chi connectivity index (χ4v) is 5.58. The molecule has 0 radical (unpaired) electrons. The average molecular weight is 444 g/mol. The first-order valence-corrected chi connectivity index (χ1v) is 11.8. The van der Waals surface area contributed by atoms with Gasteiger partial charge in [-0.2, -0.15) is 4.31 Å². The minimum atomic E-state index is -3.82. The van der Waals surface area contributed by atoms with Crippen molar-refractivity contribution in [3.63, 3.8) is 0 Å². The quantitative estimate of drug-likeness (QED) is 0.766. The van der Waals surface area contributed by atoms with Gasteiger partial charge >= 0.3 is 0 Å². The minimum absolute atomic E-state index is 0.0697. The highest BCUT2D eigenvalue weighted by Gasteiger charge is 2.35. The molecular formula is C22H25N3O5S. The number of para-hydroxylation sites is 1. The van der Waals surface area contributed by atoms with Crippen LogP contribution in [0.4, 0.5) is 11.4 Å². The van der Waals surface area contributed by atoms with E-state index in [0.717, 1.165) is 5.69 Å². The van der Waals surface area contributed by atoms with Crippen LogP contribution in [0.1, 0.15) is 19.8 Å². The number of amides is 2. The molecule has 1 N–H and O–H groups in total. The Kier molecular flexibility index (Phi) is 5.97. The SMILES string of the molecule is CCN(C(=O)[C@H]1CCCN(S(=O)(=O)c2ccc3c(c2)NC(=O)CO3)C1)c1ccccc1. The summed E-state index contributed by atoms with van der Waals surface area (Å²) in [6, 6.07) is 13.8. The summed E-state index contributed by atoms with van der Waals surface area (Å²) in [5.41, 5.74) is 1.14.